The molecule has 0 spiro atoms. The largest absolute Gasteiger partial charge is 0.438 e. The third-order valence-corrected chi connectivity index (χ3v) is 5.24. The molecule has 7 heteroatoms. The molecule has 2 aromatic carbocycles. The minimum Gasteiger partial charge on any atom is -0.438 e. The molecule has 1 aliphatic rings. The van der Waals surface area contributed by atoms with Crippen molar-refractivity contribution in [3.8, 4) is 11.1 Å². The van der Waals surface area contributed by atoms with E-state index in [0.29, 0.717) is 34.7 Å². The highest BCUT2D eigenvalue weighted by Gasteiger charge is 2.34. The number of hydrogen-bond acceptors (Lipinski definition) is 3. The first-order valence-electron chi connectivity index (χ1n) is 9.62. The third-order valence-electron chi connectivity index (χ3n) is 5.24. The Morgan fingerprint density at radius 3 is 2.66 bits per heavy atom. The highest BCUT2D eigenvalue weighted by Crippen LogP contribution is 2.36. The van der Waals surface area contributed by atoms with Gasteiger partial charge in [0.2, 0.25) is 11.8 Å². The molecule has 29 heavy (non-hydrogen) atoms. The number of rotatable bonds is 3. The summed E-state index contributed by atoms with van der Waals surface area (Å²) < 4.78 is 44.9. The van der Waals surface area contributed by atoms with Crippen LogP contribution in [0.1, 0.15) is 44.2 Å². The number of carbonyl (C=O) groups excluding carboxylic acids is 1. The molecule has 0 aliphatic carbocycles. The second-order valence-electron chi connectivity index (χ2n) is 7.66. The normalized spacial score (nSPS) is 17.4. The van der Waals surface area contributed by atoms with Crippen LogP contribution in [0.3, 0.4) is 0 Å². The summed E-state index contributed by atoms with van der Waals surface area (Å²) in [6.45, 7) is 4.41. The molecule has 1 aliphatic heterocycles. The molecule has 0 saturated carbocycles. The number of carbonyl (C=O) groups is 1. The molecule has 1 aromatic heterocycles. The van der Waals surface area contributed by atoms with E-state index in [1.165, 1.54) is 6.07 Å². The molecule has 0 N–H and O–H groups in total. The molecule has 0 bridgehead atoms. The lowest BCUT2D eigenvalue weighted by atomic mass is 10.0. The number of benzene rings is 2. The summed E-state index contributed by atoms with van der Waals surface area (Å²) in [7, 11) is 0. The van der Waals surface area contributed by atoms with Gasteiger partial charge in [-0.25, -0.2) is 4.98 Å². The molecule has 4 nitrogen and oxygen atoms in total. The van der Waals surface area contributed by atoms with Crippen molar-refractivity contribution in [3.05, 3.63) is 53.9 Å². The lowest BCUT2D eigenvalue weighted by Gasteiger charge is -2.24. The highest BCUT2D eigenvalue weighted by atomic mass is 19.4. The van der Waals surface area contributed by atoms with E-state index in [4.69, 9.17) is 4.42 Å². The molecular weight excluding hydrogens is 381 g/mol. The molecule has 1 amide bonds. The lowest BCUT2D eigenvalue weighted by Crippen LogP contribution is -2.33. The number of fused-ring (bicyclic) bond motifs is 1. The molecule has 3 aromatic rings. The van der Waals surface area contributed by atoms with E-state index < -0.39 is 11.7 Å². The monoisotopic (exact) mass is 402 g/mol. The molecule has 0 radical (unpaired) electrons. The minimum atomic E-state index is -4.39. The fourth-order valence-corrected chi connectivity index (χ4v) is 3.76. The number of likely N-dealkylation sites (tertiary alicyclic amines) is 1. The molecule has 1 fully saturated rings. The van der Waals surface area contributed by atoms with Crippen molar-refractivity contribution < 1.29 is 22.4 Å². The molecule has 152 valence electrons. The average Bonchev–Trinajstić information content (AvgIpc) is 3.32. The Morgan fingerprint density at radius 2 is 1.93 bits per heavy atom. The molecule has 1 saturated heterocycles. The summed E-state index contributed by atoms with van der Waals surface area (Å²) >= 11 is 0. The fourth-order valence-electron chi connectivity index (χ4n) is 3.76. The minimum absolute atomic E-state index is 0.0689. The van der Waals surface area contributed by atoms with Crippen molar-refractivity contribution in [1.29, 1.82) is 0 Å². The first kappa shape index (κ1) is 19.5. The van der Waals surface area contributed by atoms with Crippen LogP contribution in [0.4, 0.5) is 13.2 Å². The van der Waals surface area contributed by atoms with Crippen molar-refractivity contribution in [2.75, 3.05) is 6.54 Å². The van der Waals surface area contributed by atoms with Gasteiger partial charge in [0.15, 0.2) is 5.58 Å². The summed E-state index contributed by atoms with van der Waals surface area (Å²) in [5, 5.41) is 0. The zero-order valence-corrected chi connectivity index (χ0v) is 16.2. The van der Waals surface area contributed by atoms with Crippen molar-refractivity contribution in [1.82, 2.24) is 9.88 Å². The van der Waals surface area contributed by atoms with Crippen LogP contribution in [-0.2, 0) is 11.0 Å². The first-order valence-corrected chi connectivity index (χ1v) is 9.62. The molecule has 4 rings (SSSR count). The van der Waals surface area contributed by atoms with Crippen molar-refractivity contribution in [3.63, 3.8) is 0 Å². The van der Waals surface area contributed by atoms with Crippen molar-refractivity contribution in [2.24, 2.45) is 5.92 Å². The molecule has 1 atom stereocenters. The maximum atomic E-state index is 13.0. The van der Waals surface area contributed by atoms with Crippen LogP contribution in [0.2, 0.25) is 0 Å². The Morgan fingerprint density at radius 1 is 1.17 bits per heavy atom. The lowest BCUT2D eigenvalue weighted by molar-refractivity contribution is -0.137. The number of amides is 1. The number of oxazole rings is 1. The van der Waals surface area contributed by atoms with E-state index in [1.807, 2.05) is 18.7 Å². The second-order valence-corrected chi connectivity index (χ2v) is 7.66. The molecule has 1 unspecified atom stereocenters. The quantitative estimate of drug-likeness (QED) is 0.553. The van der Waals surface area contributed by atoms with Gasteiger partial charge < -0.3 is 9.32 Å². The maximum absolute atomic E-state index is 13.0. The number of halogens is 3. The van der Waals surface area contributed by atoms with Gasteiger partial charge in [-0.3, -0.25) is 4.79 Å². The number of aromatic nitrogens is 1. The molecular formula is C22H21F3N2O2. The zero-order valence-electron chi connectivity index (χ0n) is 16.2. The Hall–Kier alpha value is -2.83. The van der Waals surface area contributed by atoms with Gasteiger partial charge in [-0.1, -0.05) is 32.0 Å². The van der Waals surface area contributed by atoms with Crippen LogP contribution in [0.25, 0.3) is 22.2 Å². The van der Waals surface area contributed by atoms with Crippen LogP contribution in [0.5, 0.6) is 0 Å². The predicted molar refractivity (Wildman–Crippen MR) is 103 cm³/mol. The number of nitrogens with zero attached hydrogens (tertiary/aromatic N) is 2. The van der Waals surface area contributed by atoms with E-state index in [0.717, 1.165) is 25.0 Å². The van der Waals surface area contributed by atoms with Gasteiger partial charge in [0.05, 0.1) is 5.56 Å². The summed E-state index contributed by atoms with van der Waals surface area (Å²) in [6.07, 6.45) is -2.72. The second kappa shape index (κ2) is 7.21. The number of hydrogen-bond donors (Lipinski definition) is 0. The third kappa shape index (κ3) is 3.73. The van der Waals surface area contributed by atoms with Crippen LogP contribution >= 0.6 is 0 Å². The van der Waals surface area contributed by atoms with Gasteiger partial charge in [-0.2, -0.15) is 13.2 Å². The van der Waals surface area contributed by atoms with Gasteiger partial charge >= 0.3 is 6.18 Å². The van der Waals surface area contributed by atoms with Crippen LogP contribution in [0.15, 0.2) is 46.9 Å². The Kier molecular flexibility index (Phi) is 4.84. The smallest absolute Gasteiger partial charge is 0.416 e. The van der Waals surface area contributed by atoms with E-state index in [2.05, 4.69) is 4.98 Å². The van der Waals surface area contributed by atoms with Crippen LogP contribution < -0.4 is 0 Å². The topological polar surface area (TPSA) is 46.3 Å². The van der Waals surface area contributed by atoms with E-state index in [-0.39, 0.29) is 17.9 Å². The first-order chi connectivity index (χ1) is 13.7. The summed E-state index contributed by atoms with van der Waals surface area (Å²) in [6, 6.07) is 10.2. The van der Waals surface area contributed by atoms with Crippen molar-refractivity contribution >= 4 is 17.0 Å². The Bertz CT molecular complexity index is 1060. The average molecular weight is 402 g/mol. The SMILES string of the molecule is CC(C)C(=O)N1CCCC1c1nc2cc(-c3cccc(C(F)(F)F)c3)ccc2o1. The summed E-state index contributed by atoms with van der Waals surface area (Å²) in [5.74, 6) is 0.444. The highest BCUT2D eigenvalue weighted by molar-refractivity contribution is 5.81. The Labute approximate surface area is 166 Å². The zero-order chi connectivity index (χ0) is 20.8. The van der Waals surface area contributed by atoms with Gasteiger partial charge in [0.1, 0.15) is 11.6 Å². The van der Waals surface area contributed by atoms with Gasteiger partial charge in [0, 0.05) is 12.5 Å². The molecule has 2 heterocycles. The predicted octanol–water partition coefficient (Wildman–Crippen LogP) is 5.83. The van der Waals surface area contributed by atoms with Crippen LogP contribution in [-0.4, -0.2) is 22.3 Å². The summed E-state index contributed by atoms with van der Waals surface area (Å²) in [5.41, 5.74) is 1.52. The van der Waals surface area contributed by atoms with Gasteiger partial charge in [-0.15, -0.1) is 0 Å². The summed E-state index contributed by atoms with van der Waals surface area (Å²) in [4.78, 5) is 18.8. The van der Waals surface area contributed by atoms with E-state index >= 15 is 0 Å². The standard InChI is InChI=1S/C22H21F3N2O2/c1-13(2)21(28)27-10-4-7-18(27)20-26-17-12-15(8-9-19(17)29-20)14-5-3-6-16(11-14)22(23,24)25/h3,5-6,8-9,11-13,18H,4,7,10H2,1-2H3. The van der Waals surface area contributed by atoms with Crippen molar-refractivity contribution in [2.45, 2.75) is 38.9 Å². The van der Waals surface area contributed by atoms with E-state index in [9.17, 15) is 18.0 Å². The maximum Gasteiger partial charge on any atom is 0.416 e. The fraction of sp³-hybridized carbons (Fsp3) is 0.364. The van der Waals surface area contributed by atoms with Crippen LogP contribution in [0, 0.1) is 5.92 Å². The van der Waals surface area contributed by atoms with E-state index in [1.54, 1.807) is 24.3 Å². The van der Waals surface area contributed by atoms with Gasteiger partial charge in [-0.05, 0) is 48.2 Å². The number of alkyl halides is 3. The van der Waals surface area contributed by atoms with Gasteiger partial charge in [0.25, 0.3) is 0 Å². The Balaban J connectivity index is 1.68.